The molecule has 0 fully saturated rings. The van der Waals surface area contributed by atoms with Crippen molar-refractivity contribution < 1.29 is 9.59 Å². The molecular weight excluding hydrogens is 440 g/mol. The Hall–Kier alpha value is -0.660. The van der Waals surface area contributed by atoms with E-state index < -0.39 is 0 Å². The number of rotatable bonds is 31. The van der Waals surface area contributed by atoms with E-state index in [1.165, 1.54) is 154 Å². The fraction of sp³-hybridized carbons (Fsp3) is 0.941. The maximum atomic E-state index is 10.7. The van der Waals surface area contributed by atoms with Crippen LogP contribution in [-0.2, 0) is 9.59 Å². The second-order valence-corrected chi connectivity index (χ2v) is 11.7. The van der Waals surface area contributed by atoms with Crippen molar-refractivity contribution in [3.63, 3.8) is 0 Å². The van der Waals surface area contributed by atoms with Crippen LogP contribution in [0.3, 0.4) is 0 Å². The Morgan fingerprint density at radius 2 is 0.611 bits per heavy atom. The molecule has 0 aliphatic heterocycles. The van der Waals surface area contributed by atoms with Crippen molar-refractivity contribution in [2.45, 2.75) is 194 Å². The Kier molecular flexibility index (Phi) is 30.0. The summed E-state index contributed by atoms with van der Waals surface area (Å²) in [5.74, 6) is 1.74. The first-order valence-corrected chi connectivity index (χ1v) is 16.7. The summed E-state index contributed by atoms with van der Waals surface area (Å²) in [5.41, 5.74) is 0. The van der Waals surface area contributed by atoms with Gasteiger partial charge in [0.15, 0.2) is 0 Å². The van der Waals surface area contributed by atoms with Gasteiger partial charge in [-0.25, -0.2) is 0 Å². The maximum Gasteiger partial charge on any atom is 0.119 e. The summed E-state index contributed by atoms with van der Waals surface area (Å²) in [7, 11) is 0. The third-order valence-corrected chi connectivity index (χ3v) is 8.32. The normalized spacial score (nSPS) is 13.1. The van der Waals surface area contributed by atoms with E-state index in [1.807, 2.05) is 0 Å². The van der Waals surface area contributed by atoms with E-state index in [4.69, 9.17) is 0 Å². The lowest BCUT2D eigenvalue weighted by Crippen LogP contribution is -2.16. The monoisotopic (exact) mass is 507 g/mol. The van der Waals surface area contributed by atoms with Gasteiger partial charge in [0.2, 0.25) is 0 Å². The molecule has 36 heavy (non-hydrogen) atoms. The first-order chi connectivity index (χ1) is 17.8. The largest absolute Gasteiger partial charge is 0.303 e. The van der Waals surface area contributed by atoms with Crippen molar-refractivity contribution in [1.82, 2.24) is 0 Å². The summed E-state index contributed by atoms with van der Waals surface area (Å²) in [6, 6.07) is 0. The lowest BCUT2D eigenvalue weighted by molar-refractivity contribution is -0.108. The molecule has 0 bridgehead atoms. The van der Waals surface area contributed by atoms with E-state index in [-0.39, 0.29) is 0 Å². The highest BCUT2D eigenvalue weighted by molar-refractivity contribution is 5.49. The second kappa shape index (κ2) is 30.6. The van der Waals surface area contributed by atoms with Gasteiger partial charge in [0.05, 0.1) is 0 Å². The predicted molar refractivity (Wildman–Crippen MR) is 160 cm³/mol. The molecule has 0 amide bonds. The van der Waals surface area contributed by atoms with Crippen LogP contribution in [0.5, 0.6) is 0 Å². The molecule has 0 aromatic heterocycles. The molecule has 0 aromatic rings. The van der Waals surface area contributed by atoms with Gasteiger partial charge in [0.1, 0.15) is 12.6 Å². The van der Waals surface area contributed by atoms with Crippen LogP contribution in [0.15, 0.2) is 0 Å². The third-order valence-electron chi connectivity index (χ3n) is 8.32. The molecule has 2 atom stereocenters. The molecule has 0 rings (SSSR count). The van der Waals surface area contributed by atoms with Crippen LogP contribution in [0.25, 0.3) is 0 Å². The fourth-order valence-electron chi connectivity index (χ4n) is 5.93. The highest BCUT2D eigenvalue weighted by atomic mass is 16.1. The topological polar surface area (TPSA) is 34.1 Å². The highest BCUT2D eigenvalue weighted by Gasteiger charge is 2.20. The van der Waals surface area contributed by atoms with Crippen LogP contribution in [0, 0.1) is 11.8 Å². The van der Waals surface area contributed by atoms with E-state index >= 15 is 0 Å². The van der Waals surface area contributed by atoms with Crippen LogP contribution in [0.2, 0.25) is 0 Å². The number of unbranched alkanes of at least 4 members (excludes halogenated alkanes) is 20. The molecule has 2 unspecified atom stereocenters. The minimum atomic E-state index is 0.737. The van der Waals surface area contributed by atoms with Gasteiger partial charge >= 0.3 is 0 Å². The van der Waals surface area contributed by atoms with Gasteiger partial charge < -0.3 is 9.59 Å². The molecule has 0 aliphatic rings. The van der Waals surface area contributed by atoms with Gasteiger partial charge in [0.25, 0.3) is 0 Å². The van der Waals surface area contributed by atoms with Gasteiger partial charge in [-0.2, -0.15) is 0 Å². The summed E-state index contributed by atoms with van der Waals surface area (Å²) in [5, 5.41) is 0. The number of aldehydes is 2. The van der Waals surface area contributed by atoms with Crippen LogP contribution in [0.1, 0.15) is 194 Å². The summed E-state index contributed by atoms with van der Waals surface area (Å²) in [4.78, 5) is 21.4. The van der Waals surface area contributed by atoms with Gasteiger partial charge in [-0.1, -0.05) is 168 Å². The van der Waals surface area contributed by atoms with Crippen molar-refractivity contribution in [2.75, 3.05) is 0 Å². The molecule has 0 saturated carbocycles. The molecule has 214 valence electrons. The molecule has 2 heteroatoms. The fourth-order valence-corrected chi connectivity index (χ4v) is 5.93. The molecule has 0 N–H and O–H groups in total. The molecular formula is C34H66O2. The Morgan fingerprint density at radius 3 is 0.889 bits per heavy atom. The van der Waals surface area contributed by atoms with Crippen molar-refractivity contribution >= 4 is 12.6 Å². The second-order valence-electron chi connectivity index (χ2n) is 11.7. The van der Waals surface area contributed by atoms with E-state index in [1.54, 1.807) is 0 Å². The summed E-state index contributed by atoms with van der Waals surface area (Å²) in [6.45, 7) is 4.59. The van der Waals surface area contributed by atoms with Gasteiger partial charge in [0, 0.05) is 12.8 Å². The number of hydrogen-bond donors (Lipinski definition) is 0. The van der Waals surface area contributed by atoms with Crippen molar-refractivity contribution in [3.05, 3.63) is 0 Å². The lowest BCUT2D eigenvalue weighted by atomic mass is 9.78. The quantitative estimate of drug-likeness (QED) is 0.0692. The van der Waals surface area contributed by atoms with Crippen LogP contribution in [0.4, 0.5) is 0 Å². The average molecular weight is 507 g/mol. The van der Waals surface area contributed by atoms with Gasteiger partial charge in [-0.15, -0.1) is 0 Å². The van der Waals surface area contributed by atoms with Crippen molar-refractivity contribution in [1.29, 1.82) is 0 Å². The summed E-state index contributed by atoms with van der Waals surface area (Å²) >= 11 is 0. The molecule has 0 saturated heterocycles. The van der Waals surface area contributed by atoms with Crippen LogP contribution in [-0.4, -0.2) is 12.6 Å². The molecule has 0 radical (unpaired) electrons. The smallest absolute Gasteiger partial charge is 0.119 e. The Labute approximate surface area is 227 Å². The minimum Gasteiger partial charge on any atom is -0.303 e. The van der Waals surface area contributed by atoms with Gasteiger partial charge in [-0.3, -0.25) is 0 Å². The first kappa shape index (κ1) is 35.3. The Bertz CT molecular complexity index is 393. The van der Waals surface area contributed by atoms with E-state index in [9.17, 15) is 9.59 Å². The van der Waals surface area contributed by atoms with Crippen molar-refractivity contribution in [3.8, 4) is 0 Å². The standard InChI is InChI=1S/C34H66O2/c1-3-5-7-9-11-13-15-21-27-33(29-23-17-19-25-31-35)34(30-24-18-20-26-32-36)28-22-16-14-12-10-8-6-4-2/h31-34H,3-30H2,1-2H3. The maximum absolute atomic E-state index is 10.7. The number of hydrogen-bond acceptors (Lipinski definition) is 2. The highest BCUT2D eigenvalue weighted by Crippen LogP contribution is 2.33. The van der Waals surface area contributed by atoms with Crippen LogP contribution >= 0.6 is 0 Å². The lowest BCUT2D eigenvalue weighted by Gasteiger charge is -2.28. The summed E-state index contributed by atoms with van der Waals surface area (Å²) in [6.07, 6.45) is 38.9. The van der Waals surface area contributed by atoms with E-state index in [0.29, 0.717) is 0 Å². The zero-order valence-electron chi connectivity index (χ0n) is 24.9. The number of carbonyl (C=O) groups is 2. The van der Waals surface area contributed by atoms with Crippen LogP contribution < -0.4 is 0 Å². The van der Waals surface area contributed by atoms with E-state index in [0.717, 1.165) is 50.1 Å². The zero-order chi connectivity index (χ0) is 26.4. The molecule has 0 spiro atoms. The Balaban J connectivity index is 4.63. The molecule has 0 aliphatic carbocycles. The molecule has 0 heterocycles. The third kappa shape index (κ3) is 25.0. The molecule has 0 aromatic carbocycles. The minimum absolute atomic E-state index is 0.737. The zero-order valence-corrected chi connectivity index (χ0v) is 24.9. The van der Waals surface area contributed by atoms with Gasteiger partial charge in [-0.05, 0) is 24.7 Å². The predicted octanol–water partition coefficient (Wildman–Crippen LogP) is 11.6. The average Bonchev–Trinajstić information content (AvgIpc) is 2.89. The van der Waals surface area contributed by atoms with Crippen molar-refractivity contribution in [2.24, 2.45) is 11.8 Å². The first-order valence-electron chi connectivity index (χ1n) is 16.7. The summed E-state index contributed by atoms with van der Waals surface area (Å²) < 4.78 is 0. The number of carbonyl (C=O) groups excluding carboxylic acids is 2. The SMILES string of the molecule is CCCCCCCCCCC(CCCCCC=O)C(CCCCCC=O)CCCCCCCCCC. The molecule has 2 nitrogen and oxygen atoms in total. The van der Waals surface area contributed by atoms with E-state index in [2.05, 4.69) is 13.8 Å². The Morgan fingerprint density at radius 1 is 0.361 bits per heavy atom.